The molecule has 0 aliphatic carbocycles. The molecule has 1 aromatic rings. The number of rotatable bonds is 14. The highest BCUT2D eigenvalue weighted by Crippen LogP contribution is 2.24. The summed E-state index contributed by atoms with van der Waals surface area (Å²) in [7, 11) is 0. The Bertz CT molecular complexity index is 419. The van der Waals surface area contributed by atoms with Crippen molar-refractivity contribution in [3.63, 3.8) is 0 Å². The van der Waals surface area contributed by atoms with Gasteiger partial charge in [-0.1, -0.05) is 51.1 Å². The first-order valence-corrected chi connectivity index (χ1v) is 9.84. The number of hydrogen-bond donors (Lipinski definition) is 1. The molecule has 1 rings (SSSR count). The van der Waals surface area contributed by atoms with Gasteiger partial charge in [0, 0.05) is 6.61 Å². The Morgan fingerprint density at radius 1 is 0.840 bits per heavy atom. The first-order valence-electron chi connectivity index (χ1n) is 9.84. The molecule has 1 N–H and O–H groups in total. The van der Waals surface area contributed by atoms with Crippen LogP contribution in [0.3, 0.4) is 0 Å². The normalized spacial score (nSPS) is 16.4. The van der Waals surface area contributed by atoms with E-state index in [-0.39, 0.29) is 6.10 Å². The minimum atomic E-state index is -0.180. The third kappa shape index (κ3) is 12.1. The molecule has 0 saturated heterocycles. The predicted molar refractivity (Wildman–Crippen MR) is 104 cm³/mol. The largest absolute Gasteiger partial charge is 0.393 e. The zero-order valence-electron chi connectivity index (χ0n) is 16.6. The smallest absolute Gasteiger partial charge is 0.147 e. The van der Waals surface area contributed by atoms with Crippen molar-refractivity contribution in [3.8, 4) is 0 Å². The van der Waals surface area contributed by atoms with Crippen LogP contribution in [0.2, 0.25) is 0 Å². The Labute approximate surface area is 154 Å². The van der Waals surface area contributed by atoms with Gasteiger partial charge in [-0.25, -0.2) is 0 Å². The van der Waals surface area contributed by atoms with Gasteiger partial charge in [0.05, 0.1) is 12.7 Å². The fourth-order valence-electron chi connectivity index (χ4n) is 3.65. The molecule has 4 unspecified atom stereocenters. The average molecular weight is 351 g/mol. The van der Waals surface area contributed by atoms with Gasteiger partial charge in [0.2, 0.25) is 0 Å². The third-order valence-electron chi connectivity index (χ3n) is 4.62. The lowest BCUT2D eigenvalue weighted by Gasteiger charge is -2.21. The highest BCUT2D eigenvalue weighted by Gasteiger charge is 2.14. The molecule has 0 aliphatic rings. The van der Waals surface area contributed by atoms with Crippen LogP contribution in [0, 0.1) is 17.8 Å². The Hall–Kier alpha value is -0.900. The van der Waals surface area contributed by atoms with Crippen molar-refractivity contribution in [2.45, 2.75) is 72.5 Å². The van der Waals surface area contributed by atoms with E-state index in [9.17, 15) is 5.11 Å². The molecule has 0 aromatic heterocycles. The molecular formula is C22H38O3. The van der Waals surface area contributed by atoms with E-state index >= 15 is 0 Å². The summed E-state index contributed by atoms with van der Waals surface area (Å²) in [6.45, 7) is 10.6. The lowest BCUT2D eigenvalue weighted by Crippen LogP contribution is -2.12. The van der Waals surface area contributed by atoms with Crippen LogP contribution in [-0.2, 0) is 16.1 Å². The second kappa shape index (κ2) is 13.3. The summed E-state index contributed by atoms with van der Waals surface area (Å²) in [6, 6.07) is 10.2. The predicted octanol–water partition coefficient (Wildman–Crippen LogP) is 5.42. The maximum Gasteiger partial charge on any atom is 0.147 e. The van der Waals surface area contributed by atoms with Crippen LogP contribution < -0.4 is 0 Å². The summed E-state index contributed by atoms with van der Waals surface area (Å²) >= 11 is 0. The molecule has 3 heteroatoms. The Balaban J connectivity index is 1.98. The molecule has 0 saturated carbocycles. The van der Waals surface area contributed by atoms with Crippen molar-refractivity contribution in [1.29, 1.82) is 0 Å². The van der Waals surface area contributed by atoms with E-state index in [1.807, 2.05) is 25.1 Å². The van der Waals surface area contributed by atoms with Crippen LogP contribution in [0.15, 0.2) is 30.3 Å². The average Bonchev–Trinajstić information content (AvgIpc) is 2.53. The summed E-state index contributed by atoms with van der Waals surface area (Å²) in [5, 5.41) is 9.46. The van der Waals surface area contributed by atoms with E-state index in [4.69, 9.17) is 9.47 Å². The van der Waals surface area contributed by atoms with Crippen molar-refractivity contribution in [2.75, 3.05) is 13.4 Å². The van der Waals surface area contributed by atoms with Crippen LogP contribution in [0.5, 0.6) is 0 Å². The standard InChI is InChI=1S/C22H38O3/c1-18(13-19(2)14-20(3)15-21(4)23)9-8-12-24-17-25-16-22-10-6-5-7-11-22/h5-7,10-11,18-21,23H,8-9,12-17H2,1-4H3. The zero-order chi connectivity index (χ0) is 18.5. The minimum absolute atomic E-state index is 0.180. The maximum absolute atomic E-state index is 9.46. The van der Waals surface area contributed by atoms with Gasteiger partial charge >= 0.3 is 0 Å². The summed E-state index contributed by atoms with van der Waals surface area (Å²) in [5.74, 6) is 2.05. The summed E-state index contributed by atoms with van der Waals surface area (Å²) < 4.78 is 11.1. The Morgan fingerprint density at radius 3 is 2.16 bits per heavy atom. The molecule has 144 valence electrons. The van der Waals surface area contributed by atoms with Gasteiger partial charge in [-0.15, -0.1) is 0 Å². The Morgan fingerprint density at radius 2 is 1.48 bits per heavy atom. The highest BCUT2D eigenvalue weighted by atomic mass is 16.7. The molecule has 0 bridgehead atoms. The summed E-state index contributed by atoms with van der Waals surface area (Å²) in [4.78, 5) is 0. The van der Waals surface area contributed by atoms with Gasteiger partial charge in [-0.05, 0) is 62.3 Å². The Kier molecular flexibility index (Phi) is 11.8. The zero-order valence-corrected chi connectivity index (χ0v) is 16.6. The van der Waals surface area contributed by atoms with Crippen LogP contribution in [-0.4, -0.2) is 24.6 Å². The highest BCUT2D eigenvalue weighted by molar-refractivity contribution is 5.13. The van der Waals surface area contributed by atoms with Gasteiger partial charge in [0.25, 0.3) is 0 Å². The minimum Gasteiger partial charge on any atom is -0.393 e. The second-order valence-corrected chi connectivity index (χ2v) is 7.87. The molecule has 0 fully saturated rings. The number of ether oxygens (including phenoxy) is 2. The number of aliphatic hydroxyl groups excluding tert-OH is 1. The quantitative estimate of drug-likeness (QED) is 0.360. The van der Waals surface area contributed by atoms with E-state index in [1.165, 1.54) is 24.8 Å². The van der Waals surface area contributed by atoms with Crippen LogP contribution >= 0.6 is 0 Å². The topological polar surface area (TPSA) is 38.7 Å². The molecule has 1 aromatic carbocycles. The first-order chi connectivity index (χ1) is 12.0. The molecule has 3 nitrogen and oxygen atoms in total. The molecule has 0 heterocycles. The molecular weight excluding hydrogens is 312 g/mol. The van der Waals surface area contributed by atoms with Crippen LogP contribution in [0.4, 0.5) is 0 Å². The van der Waals surface area contributed by atoms with Crippen molar-refractivity contribution in [1.82, 2.24) is 0 Å². The number of aliphatic hydroxyl groups is 1. The monoisotopic (exact) mass is 350 g/mol. The van der Waals surface area contributed by atoms with Crippen molar-refractivity contribution in [2.24, 2.45) is 17.8 Å². The molecule has 0 amide bonds. The van der Waals surface area contributed by atoms with E-state index in [0.717, 1.165) is 31.3 Å². The lowest BCUT2D eigenvalue weighted by molar-refractivity contribution is -0.0628. The van der Waals surface area contributed by atoms with E-state index in [2.05, 4.69) is 32.9 Å². The fourth-order valence-corrected chi connectivity index (χ4v) is 3.65. The van der Waals surface area contributed by atoms with Crippen LogP contribution in [0.25, 0.3) is 0 Å². The lowest BCUT2D eigenvalue weighted by atomic mass is 9.86. The van der Waals surface area contributed by atoms with Crippen molar-refractivity contribution >= 4 is 0 Å². The molecule has 0 spiro atoms. The van der Waals surface area contributed by atoms with E-state index < -0.39 is 0 Å². The molecule has 25 heavy (non-hydrogen) atoms. The molecule has 0 radical (unpaired) electrons. The SMILES string of the molecule is CC(O)CC(C)CC(C)CC(C)CCCOCOCc1ccccc1. The van der Waals surface area contributed by atoms with E-state index in [0.29, 0.717) is 19.3 Å². The fraction of sp³-hybridized carbons (Fsp3) is 0.727. The van der Waals surface area contributed by atoms with Gasteiger partial charge in [-0.2, -0.15) is 0 Å². The van der Waals surface area contributed by atoms with Crippen molar-refractivity contribution in [3.05, 3.63) is 35.9 Å². The van der Waals surface area contributed by atoms with Gasteiger partial charge in [0.15, 0.2) is 0 Å². The first kappa shape index (κ1) is 22.1. The second-order valence-electron chi connectivity index (χ2n) is 7.87. The van der Waals surface area contributed by atoms with Crippen LogP contribution in [0.1, 0.15) is 65.4 Å². The van der Waals surface area contributed by atoms with Gasteiger partial charge in [-0.3, -0.25) is 0 Å². The van der Waals surface area contributed by atoms with E-state index in [1.54, 1.807) is 0 Å². The van der Waals surface area contributed by atoms with Crippen molar-refractivity contribution < 1.29 is 14.6 Å². The number of hydrogen-bond acceptors (Lipinski definition) is 3. The summed E-state index contributed by atoms with van der Waals surface area (Å²) in [5.41, 5.74) is 1.18. The van der Waals surface area contributed by atoms with Gasteiger partial charge in [0.1, 0.15) is 6.79 Å². The molecule has 0 aliphatic heterocycles. The third-order valence-corrected chi connectivity index (χ3v) is 4.62. The summed E-state index contributed by atoms with van der Waals surface area (Å²) in [6.07, 6.45) is 5.49. The number of benzene rings is 1. The molecule has 4 atom stereocenters. The van der Waals surface area contributed by atoms with Gasteiger partial charge < -0.3 is 14.6 Å². The maximum atomic E-state index is 9.46.